The quantitative estimate of drug-likeness (QED) is 0.653. The van der Waals surface area contributed by atoms with E-state index in [1.54, 1.807) is 30.3 Å². The van der Waals surface area contributed by atoms with Gasteiger partial charge in [-0.25, -0.2) is 0 Å². The third kappa shape index (κ3) is 5.08. The van der Waals surface area contributed by atoms with Crippen molar-refractivity contribution in [1.82, 2.24) is 16.2 Å². The van der Waals surface area contributed by atoms with Gasteiger partial charge in [-0.2, -0.15) is 0 Å². The van der Waals surface area contributed by atoms with Gasteiger partial charge in [0.05, 0.1) is 0 Å². The summed E-state index contributed by atoms with van der Waals surface area (Å²) in [5.74, 6) is -0.525. The number of hydrazine groups is 1. The first-order chi connectivity index (χ1) is 14.3. The molecule has 1 aliphatic heterocycles. The maximum Gasteiger partial charge on any atom is 0.269 e. The zero-order valence-corrected chi connectivity index (χ0v) is 17.2. The summed E-state index contributed by atoms with van der Waals surface area (Å²) in [6.45, 7) is 6.41. The number of nitrogens with one attached hydrogen (secondary N) is 3. The second kappa shape index (κ2) is 9.30. The summed E-state index contributed by atoms with van der Waals surface area (Å²) in [6.07, 6.45) is 0. The predicted molar refractivity (Wildman–Crippen MR) is 110 cm³/mol. The molecule has 0 fully saturated rings. The van der Waals surface area contributed by atoms with Crippen molar-refractivity contribution in [2.75, 3.05) is 13.2 Å². The molecule has 3 amide bonds. The number of benzene rings is 2. The van der Waals surface area contributed by atoms with Crippen LogP contribution in [0.5, 0.6) is 11.5 Å². The Bertz CT molecular complexity index is 940. The summed E-state index contributed by atoms with van der Waals surface area (Å²) in [5.41, 5.74) is 6.56. The first kappa shape index (κ1) is 21.2. The van der Waals surface area contributed by atoms with Crippen LogP contribution in [0, 0.1) is 12.8 Å². The molecule has 0 saturated carbocycles. The van der Waals surface area contributed by atoms with Gasteiger partial charge >= 0.3 is 0 Å². The Balaban J connectivity index is 1.60. The van der Waals surface area contributed by atoms with Crippen LogP contribution < -0.4 is 25.6 Å². The molecule has 0 spiro atoms. The average molecular weight is 411 g/mol. The van der Waals surface area contributed by atoms with Crippen molar-refractivity contribution in [3.05, 3.63) is 59.2 Å². The zero-order valence-electron chi connectivity index (χ0n) is 17.2. The minimum atomic E-state index is -0.820. The van der Waals surface area contributed by atoms with Gasteiger partial charge in [-0.1, -0.05) is 31.5 Å². The highest BCUT2D eigenvalue weighted by Crippen LogP contribution is 2.30. The summed E-state index contributed by atoms with van der Waals surface area (Å²) in [4.78, 5) is 37.4. The number of aryl methyl sites for hydroxylation is 1. The van der Waals surface area contributed by atoms with Crippen LogP contribution in [0.4, 0.5) is 0 Å². The zero-order chi connectivity index (χ0) is 21.7. The van der Waals surface area contributed by atoms with Gasteiger partial charge < -0.3 is 14.8 Å². The molecule has 0 saturated heterocycles. The van der Waals surface area contributed by atoms with Crippen LogP contribution in [0.2, 0.25) is 0 Å². The molecule has 3 N–H and O–H groups in total. The van der Waals surface area contributed by atoms with E-state index in [9.17, 15) is 14.4 Å². The predicted octanol–water partition coefficient (Wildman–Crippen LogP) is 1.98. The highest BCUT2D eigenvalue weighted by atomic mass is 16.6. The van der Waals surface area contributed by atoms with Crippen molar-refractivity contribution >= 4 is 17.7 Å². The molecule has 0 radical (unpaired) electrons. The third-order valence-electron chi connectivity index (χ3n) is 4.65. The lowest BCUT2D eigenvalue weighted by Crippen LogP contribution is -2.54. The molecule has 158 valence electrons. The Labute approximate surface area is 174 Å². The SMILES string of the molecule is Cc1ccc(C(=O)N[C@H](C(=O)NNC(=O)c2ccc3c(c2)OCCO3)C(C)C)cc1. The Morgan fingerprint density at radius 1 is 0.833 bits per heavy atom. The monoisotopic (exact) mass is 411 g/mol. The fourth-order valence-electron chi connectivity index (χ4n) is 2.92. The van der Waals surface area contributed by atoms with Gasteiger partial charge in [0.1, 0.15) is 19.3 Å². The maximum atomic E-state index is 12.6. The Kier molecular flexibility index (Phi) is 6.56. The number of fused-ring (bicyclic) bond motifs is 1. The number of carbonyl (C=O) groups excluding carboxylic acids is 3. The minimum absolute atomic E-state index is 0.189. The average Bonchev–Trinajstić information content (AvgIpc) is 2.75. The van der Waals surface area contributed by atoms with Gasteiger partial charge in [-0.05, 0) is 43.2 Å². The van der Waals surface area contributed by atoms with Gasteiger partial charge in [0, 0.05) is 11.1 Å². The molecule has 2 aromatic carbocycles. The largest absolute Gasteiger partial charge is 0.486 e. The van der Waals surface area contributed by atoms with Crippen LogP contribution in [-0.2, 0) is 4.79 Å². The van der Waals surface area contributed by atoms with E-state index in [1.807, 2.05) is 32.9 Å². The van der Waals surface area contributed by atoms with Gasteiger partial charge in [0.25, 0.3) is 17.7 Å². The van der Waals surface area contributed by atoms with Crippen LogP contribution in [0.3, 0.4) is 0 Å². The van der Waals surface area contributed by atoms with E-state index < -0.39 is 17.9 Å². The Morgan fingerprint density at radius 2 is 1.47 bits per heavy atom. The van der Waals surface area contributed by atoms with Crippen molar-refractivity contribution in [2.24, 2.45) is 5.92 Å². The molecule has 0 aliphatic carbocycles. The highest BCUT2D eigenvalue weighted by molar-refractivity contribution is 5.99. The molecule has 0 aromatic heterocycles. The molecule has 8 nitrogen and oxygen atoms in total. The van der Waals surface area contributed by atoms with Gasteiger partial charge in [-0.15, -0.1) is 0 Å². The lowest BCUT2D eigenvalue weighted by molar-refractivity contribution is -0.124. The molecule has 1 heterocycles. The second-order valence-corrected chi connectivity index (χ2v) is 7.36. The van der Waals surface area contributed by atoms with Crippen LogP contribution in [-0.4, -0.2) is 37.0 Å². The molecule has 0 unspecified atom stereocenters. The Morgan fingerprint density at radius 3 is 2.13 bits per heavy atom. The fourth-order valence-corrected chi connectivity index (χ4v) is 2.92. The lowest BCUT2D eigenvalue weighted by Gasteiger charge is -2.22. The molecule has 8 heteroatoms. The van der Waals surface area contributed by atoms with Crippen LogP contribution in [0.1, 0.15) is 40.1 Å². The first-order valence-electron chi connectivity index (χ1n) is 9.72. The van der Waals surface area contributed by atoms with E-state index in [1.165, 1.54) is 0 Å². The minimum Gasteiger partial charge on any atom is -0.486 e. The lowest BCUT2D eigenvalue weighted by atomic mass is 10.0. The van der Waals surface area contributed by atoms with E-state index in [0.29, 0.717) is 35.8 Å². The van der Waals surface area contributed by atoms with E-state index in [4.69, 9.17) is 9.47 Å². The summed E-state index contributed by atoms with van der Waals surface area (Å²) < 4.78 is 10.9. The summed E-state index contributed by atoms with van der Waals surface area (Å²) in [5, 5.41) is 2.72. The van der Waals surface area contributed by atoms with Crippen LogP contribution in [0.25, 0.3) is 0 Å². The number of ether oxygens (including phenoxy) is 2. The molecule has 1 aliphatic rings. The summed E-state index contributed by atoms with van der Waals surface area (Å²) >= 11 is 0. The van der Waals surface area contributed by atoms with Crippen molar-refractivity contribution in [3.63, 3.8) is 0 Å². The van der Waals surface area contributed by atoms with Gasteiger partial charge in [0.2, 0.25) is 0 Å². The first-order valence-corrected chi connectivity index (χ1v) is 9.72. The fraction of sp³-hybridized carbons (Fsp3) is 0.318. The highest BCUT2D eigenvalue weighted by Gasteiger charge is 2.25. The molecular formula is C22H25N3O5. The number of carbonyl (C=O) groups is 3. The molecule has 2 aromatic rings. The molecular weight excluding hydrogens is 386 g/mol. The Hall–Kier alpha value is -3.55. The maximum absolute atomic E-state index is 12.6. The summed E-state index contributed by atoms with van der Waals surface area (Å²) in [6, 6.07) is 11.0. The molecule has 1 atom stereocenters. The smallest absolute Gasteiger partial charge is 0.269 e. The van der Waals surface area contributed by atoms with Gasteiger partial charge in [-0.3, -0.25) is 25.2 Å². The van der Waals surface area contributed by atoms with Gasteiger partial charge in [0.15, 0.2) is 11.5 Å². The van der Waals surface area contributed by atoms with E-state index in [0.717, 1.165) is 5.56 Å². The van der Waals surface area contributed by atoms with Crippen molar-refractivity contribution in [1.29, 1.82) is 0 Å². The number of hydrogen-bond donors (Lipinski definition) is 3. The molecule has 3 rings (SSSR count). The van der Waals surface area contributed by atoms with Crippen molar-refractivity contribution < 1.29 is 23.9 Å². The molecule has 30 heavy (non-hydrogen) atoms. The third-order valence-corrected chi connectivity index (χ3v) is 4.65. The number of rotatable bonds is 5. The second-order valence-electron chi connectivity index (χ2n) is 7.36. The topological polar surface area (TPSA) is 106 Å². The number of hydrogen-bond acceptors (Lipinski definition) is 5. The van der Waals surface area contributed by atoms with E-state index in [2.05, 4.69) is 16.2 Å². The molecule has 0 bridgehead atoms. The van der Waals surface area contributed by atoms with E-state index >= 15 is 0 Å². The summed E-state index contributed by atoms with van der Waals surface area (Å²) in [7, 11) is 0. The van der Waals surface area contributed by atoms with Crippen molar-refractivity contribution in [2.45, 2.75) is 26.8 Å². The van der Waals surface area contributed by atoms with Crippen molar-refractivity contribution in [3.8, 4) is 11.5 Å². The number of amides is 3. The van der Waals surface area contributed by atoms with Crippen LogP contribution in [0.15, 0.2) is 42.5 Å². The van der Waals surface area contributed by atoms with Crippen LogP contribution >= 0.6 is 0 Å². The van der Waals surface area contributed by atoms with E-state index in [-0.39, 0.29) is 11.8 Å². The standard InChI is InChI=1S/C22H25N3O5/c1-13(2)19(23-20(26)15-6-4-14(3)5-7-15)22(28)25-24-21(27)16-8-9-17-18(12-16)30-11-10-29-17/h4-9,12-13,19H,10-11H2,1-3H3,(H,23,26)(H,24,27)(H,25,28)/t19-/m0/s1. The normalized spacial score (nSPS) is 13.3.